The molecular formula is C19H22N2O6S. The number of methoxy groups -OCH3 is 2. The van der Waals surface area contributed by atoms with E-state index in [-0.39, 0.29) is 34.4 Å². The van der Waals surface area contributed by atoms with Crippen LogP contribution in [0.15, 0.2) is 18.2 Å². The summed E-state index contributed by atoms with van der Waals surface area (Å²) in [5.74, 6) is -0.604. The van der Waals surface area contributed by atoms with Gasteiger partial charge in [0.15, 0.2) is 11.5 Å². The molecule has 2 aromatic rings. The van der Waals surface area contributed by atoms with Crippen molar-refractivity contribution in [3.8, 4) is 11.5 Å². The lowest BCUT2D eigenvalue weighted by atomic mass is 10.1. The number of carbonyl (C=O) groups excluding carboxylic acids is 3. The molecule has 2 rings (SSSR count). The molecule has 0 aliphatic carbocycles. The average Bonchev–Trinajstić information content (AvgIpc) is 2.97. The second-order valence-corrected chi connectivity index (χ2v) is 6.78. The number of esters is 1. The Hall–Kier alpha value is -3.07. The predicted octanol–water partition coefficient (Wildman–Crippen LogP) is 2.53. The highest BCUT2D eigenvalue weighted by Crippen LogP contribution is 2.34. The standard InChI is InChI=1S/C19H22N2O6S/c1-5-27-19(24)15-10(2)16(17(20)23)28-18(15)21-14(22)9-11-6-7-12(25-3)13(8-11)26-4/h6-8H,5,9H2,1-4H3,(H2,20,23)(H,21,22). The number of nitrogens with two attached hydrogens (primary N) is 1. The zero-order valence-corrected chi connectivity index (χ0v) is 16.9. The highest BCUT2D eigenvalue weighted by molar-refractivity contribution is 7.18. The van der Waals surface area contributed by atoms with Crippen LogP contribution in [0.1, 0.15) is 38.1 Å². The third kappa shape index (κ3) is 4.61. The molecule has 1 aromatic carbocycles. The number of carbonyl (C=O) groups is 3. The lowest BCUT2D eigenvalue weighted by molar-refractivity contribution is -0.115. The lowest BCUT2D eigenvalue weighted by Gasteiger charge is -2.10. The molecule has 3 N–H and O–H groups in total. The number of thiophene rings is 1. The molecule has 1 heterocycles. The van der Waals surface area contributed by atoms with E-state index in [2.05, 4.69) is 5.32 Å². The van der Waals surface area contributed by atoms with Crippen molar-refractivity contribution in [3.63, 3.8) is 0 Å². The van der Waals surface area contributed by atoms with E-state index in [1.807, 2.05) is 0 Å². The zero-order valence-electron chi connectivity index (χ0n) is 16.1. The van der Waals surface area contributed by atoms with Gasteiger partial charge < -0.3 is 25.3 Å². The molecule has 1 aromatic heterocycles. The monoisotopic (exact) mass is 406 g/mol. The smallest absolute Gasteiger partial charge is 0.341 e. The van der Waals surface area contributed by atoms with E-state index in [4.69, 9.17) is 19.9 Å². The normalized spacial score (nSPS) is 10.3. The molecule has 0 unspecified atom stereocenters. The van der Waals surface area contributed by atoms with Crippen LogP contribution in [-0.2, 0) is 16.0 Å². The molecule has 0 spiro atoms. The quantitative estimate of drug-likeness (QED) is 0.651. The average molecular weight is 406 g/mol. The Morgan fingerprint density at radius 1 is 1.14 bits per heavy atom. The molecule has 0 saturated heterocycles. The third-order valence-corrected chi connectivity index (χ3v) is 5.14. The first kappa shape index (κ1) is 21.2. The predicted molar refractivity (Wildman–Crippen MR) is 105 cm³/mol. The van der Waals surface area contributed by atoms with Crippen molar-refractivity contribution in [1.82, 2.24) is 0 Å². The number of primary amides is 1. The summed E-state index contributed by atoms with van der Waals surface area (Å²) in [7, 11) is 3.03. The van der Waals surface area contributed by atoms with Crippen molar-refractivity contribution >= 4 is 34.1 Å². The van der Waals surface area contributed by atoms with Crippen molar-refractivity contribution in [1.29, 1.82) is 0 Å². The molecule has 0 radical (unpaired) electrons. The Morgan fingerprint density at radius 3 is 2.39 bits per heavy atom. The lowest BCUT2D eigenvalue weighted by Crippen LogP contribution is -2.16. The summed E-state index contributed by atoms with van der Waals surface area (Å²) in [6, 6.07) is 5.13. The summed E-state index contributed by atoms with van der Waals surface area (Å²) in [6.45, 7) is 3.43. The van der Waals surface area contributed by atoms with Gasteiger partial charge in [-0.3, -0.25) is 9.59 Å². The topological polar surface area (TPSA) is 117 Å². The Morgan fingerprint density at radius 2 is 1.82 bits per heavy atom. The van der Waals surface area contributed by atoms with Crippen LogP contribution in [0.4, 0.5) is 5.00 Å². The largest absolute Gasteiger partial charge is 0.493 e. The minimum atomic E-state index is -0.673. The molecule has 0 bridgehead atoms. The number of amides is 2. The van der Waals surface area contributed by atoms with Gasteiger partial charge in [0.1, 0.15) is 5.00 Å². The van der Waals surface area contributed by atoms with Crippen molar-refractivity contribution in [2.45, 2.75) is 20.3 Å². The Balaban J connectivity index is 2.27. The van der Waals surface area contributed by atoms with Gasteiger partial charge in [-0.15, -0.1) is 11.3 Å². The van der Waals surface area contributed by atoms with Crippen LogP contribution in [-0.4, -0.2) is 38.6 Å². The molecule has 8 nitrogen and oxygen atoms in total. The summed E-state index contributed by atoms with van der Waals surface area (Å²) in [6.07, 6.45) is 0.0332. The summed E-state index contributed by atoms with van der Waals surface area (Å²) in [5.41, 5.74) is 6.58. The number of rotatable bonds is 8. The fourth-order valence-corrected chi connectivity index (χ4v) is 3.70. The van der Waals surface area contributed by atoms with Gasteiger partial charge in [-0.1, -0.05) is 6.07 Å². The summed E-state index contributed by atoms with van der Waals surface area (Å²) in [4.78, 5) is 36.6. The van der Waals surface area contributed by atoms with Gasteiger partial charge >= 0.3 is 5.97 Å². The minimum Gasteiger partial charge on any atom is -0.493 e. The first-order chi connectivity index (χ1) is 13.3. The van der Waals surface area contributed by atoms with Gasteiger partial charge in [0.25, 0.3) is 5.91 Å². The Bertz CT molecular complexity index is 906. The highest BCUT2D eigenvalue weighted by atomic mass is 32.1. The molecule has 0 atom stereocenters. The van der Waals surface area contributed by atoms with E-state index in [1.165, 1.54) is 14.2 Å². The van der Waals surface area contributed by atoms with E-state index in [9.17, 15) is 14.4 Å². The molecule has 0 aliphatic rings. The van der Waals surface area contributed by atoms with Crippen LogP contribution in [0.5, 0.6) is 11.5 Å². The molecule has 0 aliphatic heterocycles. The van der Waals surface area contributed by atoms with Crippen LogP contribution in [0.3, 0.4) is 0 Å². The van der Waals surface area contributed by atoms with Crippen LogP contribution in [0.2, 0.25) is 0 Å². The van der Waals surface area contributed by atoms with E-state index in [0.717, 1.165) is 11.3 Å². The maximum atomic E-state index is 12.5. The highest BCUT2D eigenvalue weighted by Gasteiger charge is 2.25. The van der Waals surface area contributed by atoms with Crippen LogP contribution in [0.25, 0.3) is 0 Å². The number of benzene rings is 1. The van der Waals surface area contributed by atoms with Gasteiger partial charge in [-0.2, -0.15) is 0 Å². The number of hydrogen-bond acceptors (Lipinski definition) is 7. The fraction of sp³-hybridized carbons (Fsp3) is 0.316. The second kappa shape index (κ2) is 9.23. The molecule has 28 heavy (non-hydrogen) atoms. The summed E-state index contributed by atoms with van der Waals surface area (Å²) < 4.78 is 15.4. The summed E-state index contributed by atoms with van der Waals surface area (Å²) >= 11 is 0.949. The van der Waals surface area contributed by atoms with Gasteiger partial charge in [-0.05, 0) is 37.1 Å². The third-order valence-electron chi connectivity index (χ3n) is 3.92. The summed E-state index contributed by atoms with van der Waals surface area (Å²) in [5, 5.41) is 2.91. The van der Waals surface area contributed by atoms with E-state index >= 15 is 0 Å². The maximum Gasteiger partial charge on any atom is 0.341 e. The van der Waals surface area contributed by atoms with Gasteiger partial charge in [0, 0.05) is 0 Å². The maximum absolute atomic E-state index is 12.5. The molecule has 0 fully saturated rings. The number of ether oxygens (including phenoxy) is 3. The van der Waals surface area contributed by atoms with Crippen LogP contribution in [0, 0.1) is 6.92 Å². The van der Waals surface area contributed by atoms with E-state index < -0.39 is 11.9 Å². The van der Waals surface area contributed by atoms with Crippen LogP contribution >= 0.6 is 11.3 Å². The molecule has 2 amide bonds. The second-order valence-electron chi connectivity index (χ2n) is 5.76. The van der Waals surface area contributed by atoms with E-state index in [1.54, 1.807) is 32.0 Å². The Kier molecular flexibility index (Phi) is 7.00. The Labute approximate surface area is 166 Å². The number of anilines is 1. The molecule has 0 saturated carbocycles. The van der Waals surface area contributed by atoms with Gasteiger partial charge in [0.05, 0.1) is 37.7 Å². The first-order valence-corrected chi connectivity index (χ1v) is 9.25. The fourth-order valence-electron chi connectivity index (χ4n) is 2.63. The van der Waals surface area contributed by atoms with E-state index in [0.29, 0.717) is 22.6 Å². The SMILES string of the molecule is CCOC(=O)c1c(NC(=O)Cc2ccc(OC)c(OC)c2)sc(C(N)=O)c1C. The van der Waals surface area contributed by atoms with Crippen molar-refractivity contribution in [3.05, 3.63) is 39.8 Å². The first-order valence-electron chi connectivity index (χ1n) is 8.43. The van der Waals surface area contributed by atoms with Gasteiger partial charge in [0.2, 0.25) is 5.91 Å². The van der Waals surface area contributed by atoms with Crippen molar-refractivity contribution in [2.24, 2.45) is 5.73 Å². The zero-order chi connectivity index (χ0) is 20.8. The van der Waals surface area contributed by atoms with Crippen molar-refractivity contribution < 1.29 is 28.6 Å². The van der Waals surface area contributed by atoms with Crippen LogP contribution < -0.4 is 20.5 Å². The molecular weight excluding hydrogens is 384 g/mol. The van der Waals surface area contributed by atoms with Crippen molar-refractivity contribution in [2.75, 3.05) is 26.1 Å². The van der Waals surface area contributed by atoms with Gasteiger partial charge in [-0.25, -0.2) is 4.79 Å². The molecule has 9 heteroatoms. The number of nitrogens with one attached hydrogen (secondary N) is 1. The minimum absolute atomic E-state index is 0.0332. The number of hydrogen-bond donors (Lipinski definition) is 2. The molecule has 150 valence electrons.